The molecule has 0 radical (unpaired) electrons. The number of ether oxygens (including phenoxy) is 1. The Hall–Kier alpha value is -3.09. The van der Waals surface area contributed by atoms with Gasteiger partial charge in [0, 0.05) is 43.7 Å². The first kappa shape index (κ1) is 25.6. The average Bonchev–Trinajstić information content (AvgIpc) is 3.11. The van der Waals surface area contributed by atoms with Crippen molar-refractivity contribution in [1.29, 1.82) is 0 Å². The summed E-state index contributed by atoms with van der Waals surface area (Å²) in [5, 5.41) is 0. The summed E-state index contributed by atoms with van der Waals surface area (Å²) in [6.45, 7) is 5.28. The molecule has 37 heavy (non-hydrogen) atoms. The fraction of sp³-hybridized carbons (Fsp3) is 0.387. The van der Waals surface area contributed by atoms with E-state index in [2.05, 4.69) is 28.0 Å². The normalized spacial score (nSPS) is 18.0. The maximum absolute atomic E-state index is 14.1. The van der Waals surface area contributed by atoms with Gasteiger partial charge in [-0.1, -0.05) is 42.5 Å². The van der Waals surface area contributed by atoms with Crippen molar-refractivity contribution in [3.05, 3.63) is 101 Å². The quantitative estimate of drug-likeness (QED) is 0.355. The second-order valence-electron chi connectivity index (χ2n) is 10.3. The van der Waals surface area contributed by atoms with Crippen LogP contribution < -0.4 is 4.74 Å². The predicted octanol–water partition coefficient (Wildman–Crippen LogP) is 5.94. The van der Waals surface area contributed by atoms with Crippen molar-refractivity contribution in [1.82, 2.24) is 9.80 Å². The summed E-state index contributed by atoms with van der Waals surface area (Å²) in [5.74, 6) is 1.09. The SMILES string of the molecule is O=CCC(c1ccc2c(c1)CN(Cc1ccc(F)cc1)CCO2)C1CCN(Cc2ccccc2F)CC1. The second-order valence-corrected chi connectivity index (χ2v) is 10.3. The van der Waals surface area contributed by atoms with Crippen molar-refractivity contribution in [3.63, 3.8) is 0 Å². The van der Waals surface area contributed by atoms with Crippen LogP contribution in [0.3, 0.4) is 0 Å². The molecule has 1 atom stereocenters. The molecule has 4 nitrogen and oxygen atoms in total. The Morgan fingerprint density at radius 3 is 2.46 bits per heavy atom. The van der Waals surface area contributed by atoms with E-state index >= 15 is 0 Å². The lowest BCUT2D eigenvalue weighted by Crippen LogP contribution is -2.35. The van der Waals surface area contributed by atoms with Crippen LogP contribution in [0.1, 0.15) is 47.4 Å². The van der Waals surface area contributed by atoms with Gasteiger partial charge in [-0.15, -0.1) is 0 Å². The minimum atomic E-state index is -0.225. The van der Waals surface area contributed by atoms with E-state index in [1.807, 2.05) is 24.3 Å². The topological polar surface area (TPSA) is 32.8 Å². The maximum atomic E-state index is 14.1. The highest BCUT2D eigenvalue weighted by molar-refractivity contribution is 5.52. The molecule has 1 saturated heterocycles. The first-order chi connectivity index (χ1) is 18.1. The van der Waals surface area contributed by atoms with Gasteiger partial charge in [-0.05, 0) is 73.2 Å². The van der Waals surface area contributed by atoms with Crippen LogP contribution in [-0.2, 0) is 24.4 Å². The molecule has 1 unspecified atom stereocenters. The molecule has 1 fully saturated rings. The van der Waals surface area contributed by atoms with Crippen LogP contribution in [-0.4, -0.2) is 42.3 Å². The van der Waals surface area contributed by atoms with E-state index in [0.717, 1.165) is 74.3 Å². The van der Waals surface area contributed by atoms with Gasteiger partial charge < -0.3 is 9.53 Å². The molecule has 5 rings (SSSR count). The highest BCUT2D eigenvalue weighted by Gasteiger charge is 2.29. The zero-order chi connectivity index (χ0) is 25.6. The van der Waals surface area contributed by atoms with Crippen LogP contribution >= 0.6 is 0 Å². The third kappa shape index (κ3) is 6.43. The summed E-state index contributed by atoms with van der Waals surface area (Å²) >= 11 is 0. The number of hydrogen-bond donors (Lipinski definition) is 0. The Bertz CT molecular complexity index is 1190. The Balaban J connectivity index is 1.26. The smallest absolute Gasteiger partial charge is 0.127 e. The van der Waals surface area contributed by atoms with Crippen molar-refractivity contribution in [2.75, 3.05) is 26.2 Å². The lowest BCUT2D eigenvalue weighted by molar-refractivity contribution is -0.108. The van der Waals surface area contributed by atoms with Gasteiger partial charge in [-0.25, -0.2) is 8.78 Å². The zero-order valence-electron chi connectivity index (χ0n) is 21.1. The number of fused-ring (bicyclic) bond motifs is 1. The molecule has 0 spiro atoms. The Labute approximate surface area is 217 Å². The number of halogens is 2. The molecule has 2 aliphatic heterocycles. The van der Waals surface area contributed by atoms with E-state index < -0.39 is 0 Å². The number of rotatable bonds is 8. The lowest BCUT2D eigenvalue weighted by atomic mass is 9.78. The van der Waals surface area contributed by atoms with Gasteiger partial charge in [-0.3, -0.25) is 9.80 Å². The largest absolute Gasteiger partial charge is 0.492 e. The Morgan fingerprint density at radius 1 is 0.919 bits per heavy atom. The molecule has 2 heterocycles. The molecule has 0 amide bonds. The summed E-state index contributed by atoms with van der Waals surface area (Å²) < 4.78 is 33.5. The number of nitrogens with zero attached hydrogens (tertiary/aromatic N) is 2. The van der Waals surface area contributed by atoms with Crippen molar-refractivity contribution in [2.45, 2.75) is 44.8 Å². The molecular formula is C31H34F2N2O2. The fourth-order valence-corrected chi connectivity index (χ4v) is 5.77. The first-order valence-electron chi connectivity index (χ1n) is 13.2. The van der Waals surface area contributed by atoms with Crippen molar-refractivity contribution in [2.24, 2.45) is 5.92 Å². The van der Waals surface area contributed by atoms with Crippen LogP contribution in [0.5, 0.6) is 5.75 Å². The first-order valence-corrected chi connectivity index (χ1v) is 13.2. The van der Waals surface area contributed by atoms with E-state index in [-0.39, 0.29) is 17.6 Å². The van der Waals surface area contributed by atoms with Crippen LogP contribution in [0.25, 0.3) is 0 Å². The lowest BCUT2D eigenvalue weighted by Gasteiger charge is -2.36. The number of benzene rings is 3. The Kier molecular flexibility index (Phi) is 8.27. The van der Waals surface area contributed by atoms with Gasteiger partial charge in [0.15, 0.2) is 0 Å². The standard InChI is InChI=1S/C31H34F2N2O2/c32-28-8-5-23(6-9-28)20-35-16-18-37-31-10-7-25(19-27(31)22-35)29(13-17-36)24-11-14-34(15-12-24)21-26-3-1-2-4-30(26)33/h1-10,17,19,24,29H,11-16,18,20-22H2. The molecule has 3 aromatic rings. The van der Waals surface area contributed by atoms with Crippen LogP contribution in [0, 0.1) is 17.6 Å². The molecule has 194 valence electrons. The molecule has 6 heteroatoms. The number of hydrogen-bond acceptors (Lipinski definition) is 4. The summed E-state index contributed by atoms with van der Waals surface area (Å²) in [6, 6.07) is 20.0. The number of carbonyl (C=O) groups is 1. The Morgan fingerprint density at radius 2 is 1.70 bits per heavy atom. The van der Waals surface area contributed by atoms with Gasteiger partial charge in [0.2, 0.25) is 0 Å². The monoisotopic (exact) mass is 504 g/mol. The van der Waals surface area contributed by atoms with E-state index in [4.69, 9.17) is 4.74 Å². The highest BCUT2D eigenvalue weighted by Crippen LogP contribution is 2.37. The van der Waals surface area contributed by atoms with E-state index in [9.17, 15) is 13.6 Å². The van der Waals surface area contributed by atoms with Gasteiger partial charge in [0.1, 0.15) is 30.3 Å². The summed E-state index contributed by atoms with van der Waals surface area (Å²) in [5.41, 5.74) is 4.12. The number of aldehydes is 1. The van der Waals surface area contributed by atoms with Crippen molar-refractivity contribution in [3.8, 4) is 5.75 Å². The van der Waals surface area contributed by atoms with Gasteiger partial charge in [0.05, 0.1) is 0 Å². The van der Waals surface area contributed by atoms with Gasteiger partial charge in [0.25, 0.3) is 0 Å². The van der Waals surface area contributed by atoms with Crippen molar-refractivity contribution < 1.29 is 18.3 Å². The fourth-order valence-electron chi connectivity index (χ4n) is 5.77. The summed E-state index contributed by atoms with van der Waals surface area (Å²) in [4.78, 5) is 16.3. The molecule has 3 aromatic carbocycles. The zero-order valence-corrected chi connectivity index (χ0v) is 21.1. The van der Waals surface area contributed by atoms with E-state index in [1.54, 1.807) is 6.07 Å². The van der Waals surface area contributed by atoms with E-state index in [0.29, 0.717) is 25.5 Å². The molecule has 0 bridgehead atoms. The highest BCUT2D eigenvalue weighted by atomic mass is 19.1. The number of likely N-dealkylation sites (tertiary alicyclic amines) is 1. The second kappa shape index (κ2) is 12.0. The molecule has 0 N–H and O–H groups in total. The van der Waals surface area contributed by atoms with Crippen LogP contribution in [0.4, 0.5) is 8.78 Å². The van der Waals surface area contributed by atoms with Crippen LogP contribution in [0.2, 0.25) is 0 Å². The molecule has 0 saturated carbocycles. The molecular weight excluding hydrogens is 470 g/mol. The average molecular weight is 505 g/mol. The van der Waals surface area contributed by atoms with Crippen molar-refractivity contribution >= 4 is 6.29 Å². The third-order valence-electron chi connectivity index (χ3n) is 7.79. The molecule has 0 aliphatic carbocycles. The van der Waals surface area contributed by atoms with Gasteiger partial charge >= 0.3 is 0 Å². The predicted molar refractivity (Wildman–Crippen MR) is 140 cm³/mol. The minimum Gasteiger partial charge on any atom is -0.492 e. The summed E-state index contributed by atoms with van der Waals surface area (Å²) in [6.07, 6.45) is 3.50. The third-order valence-corrected chi connectivity index (χ3v) is 7.79. The minimum absolute atomic E-state index is 0.149. The molecule has 2 aliphatic rings. The number of carbonyl (C=O) groups excluding carboxylic acids is 1. The number of piperidine rings is 1. The summed E-state index contributed by atoms with van der Waals surface area (Å²) in [7, 11) is 0. The maximum Gasteiger partial charge on any atom is 0.127 e. The molecule has 0 aromatic heterocycles. The van der Waals surface area contributed by atoms with E-state index in [1.165, 1.54) is 23.8 Å². The van der Waals surface area contributed by atoms with Crippen LogP contribution in [0.15, 0.2) is 66.7 Å². The van der Waals surface area contributed by atoms with Gasteiger partial charge in [-0.2, -0.15) is 0 Å².